The van der Waals surface area contributed by atoms with E-state index >= 15 is 0 Å². The normalized spacial score (nSPS) is 24.5. The molecule has 1 N–H and O–H groups in total. The minimum atomic E-state index is -0.413. The summed E-state index contributed by atoms with van der Waals surface area (Å²) in [4.78, 5) is 0. The Labute approximate surface area is 88.0 Å². The SMILES string of the molecule is COc1cc(F)cc([C@H]2C=C[C@H](O)C2)c1. The fourth-order valence-electron chi connectivity index (χ4n) is 1.84. The van der Waals surface area contributed by atoms with Gasteiger partial charge in [0.2, 0.25) is 0 Å². The highest BCUT2D eigenvalue weighted by atomic mass is 19.1. The summed E-state index contributed by atoms with van der Waals surface area (Å²) in [5, 5.41) is 9.34. The molecule has 3 heteroatoms. The topological polar surface area (TPSA) is 29.5 Å². The zero-order valence-electron chi connectivity index (χ0n) is 8.48. The molecule has 0 amide bonds. The molecule has 0 spiro atoms. The molecule has 0 radical (unpaired) electrons. The molecule has 0 unspecified atom stereocenters. The minimum absolute atomic E-state index is 0.0876. The summed E-state index contributed by atoms with van der Waals surface area (Å²) in [6.07, 6.45) is 3.84. The Morgan fingerprint density at radius 1 is 1.33 bits per heavy atom. The molecule has 1 aliphatic carbocycles. The third kappa shape index (κ3) is 2.18. The molecule has 0 saturated heterocycles. The van der Waals surface area contributed by atoms with E-state index in [1.807, 2.05) is 6.08 Å². The van der Waals surface area contributed by atoms with Gasteiger partial charge in [0.25, 0.3) is 0 Å². The first-order valence-electron chi connectivity index (χ1n) is 4.90. The van der Waals surface area contributed by atoms with Crippen LogP contribution in [-0.2, 0) is 0 Å². The van der Waals surface area contributed by atoms with E-state index in [4.69, 9.17) is 4.74 Å². The summed E-state index contributed by atoms with van der Waals surface area (Å²) in [7, 11) is 1.51. The predicted molar refractivity (Wildman–Crippen MR) is 55.5 cm³/mol. The first kappa shape index (κ1) is 10.2. The number of ether oxygens (including phenoxy) is 1. The fraction of sp³-hybridized carbons (Fsp3) is 0.333. The summed E-state index contributed by atoms with van der Waals surface area (Å²) in [6, 6.07) is 4.63. The molecule has 2 rings (SSSR count). The van der Waals surface area contributed by atoms with Crippen molar-refractivity contribution in [3.05, 3.63) is 41.7 Å². The van der Waals surface area contributed by atoms with Gasteiger partial charge < -0.3 is 9.84 Å². The van der Waals surface area contributed by atoms with Crippen LogP contribution in [0.5, 0.6) is 5.75 Å². The number of rotatable bonds is 2. The van der Waals surface area contributed by atoms with Gasteiger partial charge in [-0.2, -0.15) is 0 Å². The molecule has 0 saturated carbocycles. The lowest BCUT2D eigenvalue weighted by atomic mass is 9.98. The van der Waals surface area contributed by atoms with Gasteiger partial charge in [-0.25, -0.2) is 4.39 Å². The maximum absolute atomic E-state index is 13.2. The number of benzene rings is 1. The van der Waals surface area contributed by atoms with Crippen LogP contribution >= 0.6 is 0 Å². The molecule has 1 aromatic carbocycles. The maximum atomic E-state index is 13.2. The second-order valence-corrected chi connectivity index (χ2v) is 3.72. The molecule has 1 aliphatic rings. The van der Waals surface area contributed by atoms with E-state index in [0.29, 0.717) is 12.2 Å². The van der Waals surface area contributed by atoms with E-state index in [-0.39, 0.29) is 11.7 Å². The number of hydrogen-bond acceptors (Lipinski definition) is 2. The van der Waals surface area contributed by atoms with E-state index < -0.39 is 6.10 Å². The van der Waals surface area contributed by atoms with Gasteiger partial charge >= 0.3 is 0 Å². The molecular formula is C12H13FO2. The Balaban J connectivity index is 2.28. The molecule has 0 heterocycles. The van der Waals surface area contributed by atoms with Crippen molar-refractivity contribution in [2.45, 2.75) is 18.4 Å². The summed E-state index contributed by atoms with van der Waals surface area (Å²) >= 11 is 0. The van der Waals surface area contributed by atoms with E-state index in [1.165, 1.54) is 19.2 Å². The van der Waals surface area contributed by atoms with E-state index in [9.17, 15) is 9.50 Å². The van der Waals surface area contributed by atoms with Crippen LogP contribution in [-0.4, -0.2) is 18.3 Å². The van der Waals surface area contributed by atoms with Crippen molar-refractivity contribution in [3.8, 4) is 5.75 Å². The maximum Gasteiger partial charge on any atom is 0.127 e. The number of aliphatic hydroxyl groups is 1. The Morgan fingerprint density at radius 2 is 2.13 bits per heavy atom. The second kappa shape index (κ2) is 4.03. The zero-order valence-corrected chi connectivity index (χ0v) is 8.48. The van der Waals surface area contributed by atoms with Crippen LogP contribution in [0, 0.1) is 5.82 Å². The fourth-order valence-corrected chi connectivity index (χ4v) is 1.84. The number of allylic oxidation sites excluding steroid dienone is 1. The first-order valence-corrected chi connectivity index (χ1v) is 4.90. The summed E-state index contributed by atoms with van der Waals surface area (Å²) < 4.78 is 18.2. The van der Waals surface area contributed by atoms with Gasteiger partial charge in [-0.3, -0.25) is 0 Å². The van der Waals surface area contributed by atoms with E-state index in [0.717, 1.165) is 5.56 Å². The second-order valence-electron chi connectivity index (χ2n) is 3.72. The lowest BCUT2D eigenvalue weighted by molar-refractivity contribution is 0.218. The summed E-state index contributed by atoms with van der Waals surface area (Å²) in [6.45, 7) is 0. The highest BCUT2D eigenvalue weighted by molar-refractivity contribution is 5.35. The molecule has 1 aromatic rings. The average molecular weight is 208 g/mol. The van der Waals surface area contributed by atoms with Gasteiger partial charge in [0.1, 0.15) is 11.6 Å². The molecular weight excluding hydrogens is 195 g/mol. The number of methoxy groups -OCH3 is 1. The quantitative estimate of drug-likeness (QED) is 0.755. The van der Waals surface area contributed by atoms with Crippen LogP contribution in [0.1, 0.15) is 17.9 Å². The monoisotopic (exact) mass is 208 g/mol. The third-order valence-corrected chi connectivity index (χ3v) is 2.62. The number of aliphatic hydroxyl groups excluding tert-OH is 1. The van der Waals surface area contributed by atoms with Gasteiger partial charge in [-0.15, -0.1) is 0 Å². The Kier molecular flexibility index (Phi) is 2.73. The van der Waals surface area contributed by atoms with Crippen LogP contribution < -0.4 is 4.74 Å². The predicted octanol–water partition coefficient (Wildman–Crippen LogP) is 2.24. The molecule has 0 fully saturated rings. The molecule has 2 atom stereocenters. The lowest BCUT2D eigenvalue weighted by Gasteiger charge is -2.11. The first-order chi connectivity index (χ1) is 7.19. The van der Waals surface area contributed by atoms with Crippen molar-refractivity contribution in [2.24, 2.45) is 0 Å². The number of hydrogen-bond donors (Lipinski definition) is 1. The van der Waals surface area contributed by atoms with E-state index in [1.54, 1.807) is 12.1 Å². The summed E-state index contributed by atoms with van der Waals surface area (Å²) in [5.41, 5.74) is 0.847. The Morgan fingerprint density at radius 3 is 2.73 bits per heavy atom. The molecule has 15 heavy (non-hydrogen) atoms. The average Bonchev–Trinajstić information content (AvgIpc) is 2.64. The molecule has 0 bridgehead atoms. The molecule has 0 aromatic heterocycles. The highest BCUT2D eigenvalue weighted by Crippen LogP contribution is 2.31. The largest absolute Gasteiger partial charge is 0.497 e. The molecule has 80 valence electrons. The van der Waals surface area contributed by atoms with Crippen LogP contribution in [0.3, 0.4) is 0 Å². The Hall–Kier alpha value is -1.35. The van der Waals surface area contributed by atoms with Crippen LogP contribution in [0.2, 0.25) is 0 Å². The Bertz CT molecular complexity index is 387. The number of halogens is 1. The molecule has 2 nitrogen and oxygen atoms in total. The van der Waals surface area contributed by atoms with Crippen molar-refractivity contribution in [3.63, 3.8) is 0 Å². The van der Waals surface area contributed by atoms with Crippen molar-refractivity contribution in [1.29, 1.82) is 0 Å². The van der Waals surface area contributed by atoms with Crippen molar-refractivity contribution < 1.29 is 14.2 Å². The zero-order chi connectivity index (χ0) is 10.8. The van der Waals surface area contributed by atoms with Gasteiger partial charge in [-0.05, 0) is 24.1 Å². The van der Waals surface area contributed by atoms with E-state index in [2.05, 4.69) is 0 Å². The van der Waals surface area contributed by atoms with Gasteiger partial charge in [0.05, 0.1) is 13.2 Å². The van der Waals surface area contributed by atoms with Gasteiger partial charge in [-0.1, -0.05) is 12.2 Å². The molecule has 0 aliphatic heterocycles. The minimum Gasteiger partial charge on any atom is -0.497 e. The van der Waals surface area contributed by atoms with Gasteiger partial charge in [0, 0.05) is 12.0 Å². The smallest absolute Gasteiger partial charge is 0.127 e. The van der Waals surface area contributed by atoms with Crippen molar-refractivity contribution >= 4 is 0 Å². The van der Waals surface area contributed by atoms with Crippen molar-refractivity contribution in [2.75, 3.05) is 7.11 Å². The lowest BCUT2D eigenvalue weighted by Crippen LogP contribution is -2.01. The van der Waals surface area contributed by atoms with Crippen LogP contribution in [0.4, 0.5) is 4.39 Å². The van der Waals surface area contributed by atoms with Crippen LogP contribution in [0.15, 0.2) is 30.4 Å². The standard InChI is InChI=1S/C12H13FO2/c1-15-12-6-9(4-10(13)7-12)8-2-3-11(14)5-8/h2-4,6-8,11,14H,5H2,1H3/t8-,11-/m0/s1. The summed E-state index contributed by atoms with van der Waals surface area (Å²) in [5.74, 6) is 0.295. The highest BCUT2D eigenvalue weighted by Gasteiger charge is 2.19. The van der Waals surface area contributed by atoms with Gasteiger partial charge in [0.15, 0.2) is 0 Å². The van der Waals surface area contributed by atoms with Crippen molar-refractivity contribution in [1.82, 2.24) is 0 Å². The van der Waals surface area contributed by atoms with Crippen LogP contribution in [0.25, 0.3) is 0 Å². The third-order valence-electron chi connectivity index (χ3n) is 2.62.